The number of methoxy groups -OCH3 is 1. The molecule has 1 amide bonds. The van der Waals surface area contributed by atoms with Gasteiger partial charge in [0.15, 0.2) is 0 Å². The van der Waals surface area contributed by atoms with Crippen LogP contribution in [0.3, 0.4) is 0 Å². The predicted octanol–water partition coefficient (Wildman–Crippen LogP) is 0.314. The van der Waals surface area contributed by atoms with Crippen LogP contribution in [0.5, 0.6) is 0 Å². The number of nitrogens with zero attached hydrogens (tertiary/aromatic N) is 6. The second-order valence-electron chi connectivity index (χ2n) is 6.46. The lowest BCUT2D eigenvalue weighted by molar-refractivity contribution is -0.133. The van der Waals surface area contributed by atoms with Crippen molar-refractivity contribution >= 4 is 5.91 Å². The molecule has 0 spiro atoms. The van der Waals surface area contributed by atoms with Crippen molar-refractivity contribution in [3.05, 3.63) is 34.8 Å². The summed E-state index contributed by atoms with van der Waals surface area (Å²) >= 11 is 0. The maximum absolute atomic E-state index is 12.5. The van der Waals surface area contributed by atoms with Gasteiger partial charge < -0.3 is 9.64 Å². The topological polar surface area (TPSA) is 87.2 Å². The van der Waals surface area contributed by atoms with Crippen LogP contribution in [0.4, 0.5) is 0 Å². The van der Waals surface area contributed by atoms with Gasteiger partial charge in [0.05, 0.1) is 13.2 Å². The van der Waals surface area contributed by atoms with E-state index in [-0.39, 0.29) is 24.1 Å². The Hall–Kier alpha value is -2.42. The number of ether oxygens (including phenoxy) is 1. The number of amides is 1. The standard InChI is InChI=1S/C17H26N6O3/c1-3-22-16(19-23(17(22)25)11-12-26-2)14-5-9-20(10-6-14)15(24)13-21-8-4-7-18-21/h4,7-8,14H,3,5-6,9-13H2,1-2H3. The van der Waals surface area contributed by atoms with Gasteiger partial charge in [0.1, 0.15) is 12.4 Å². The van der Waals surface area contributed by atoms with Gasteiger partial charge >= 0.3 is 5.69 Å². The molecule has 3 heterocycles. The van der Waals surface area contributed by atoms with E-state index in [4.69, 9.17) is 4.74 Å². The number of carbonyl (C=O) groups excluding carboxylic acids is 1. The lowest BCUT2D eigenvalue weighted by Crippen LogP contribution is -2.40. The zero-order chi connectivity index (χ0) is 18.5. The maximum Gasteiger partial charge on any atom is 0.345 e. The third kappa shape index (κ3) is 3.87. The van der Waals surface area contributed by atoms with Crippen LogP contribution in [0.1, 0.15) is 31.5 Å². The lowest BCUT2D eigenvalue weighted by Gasteiger charge is -2.31. The Bertz CT molecular complexity index is 771. The summed E-state index contributed by atoms with van der Waals surface area (Å²) in [7, 11) is 1.61. The Morgan fingerprint density at radius 1 is 1.35 bits per heavy atom. The first-order chi connectivity index (χ1) is 12.6. The monoisotopic (exact) mass is 362 g/mol. The molecule has 0 aliphatic carbocycles. The third-order valence-corrected chi connectivity index (χ3v) is 4.84. The van der Waals surface area contributed by atoms with Gasteiger partial charge in [-0.2, -0.15) is 10.2 Å². The number of carbonyl (C=O) groups is 1. The van der Waals surface area contributed by atoms with Crippen LogP contribution in [0.2, 0.25) is 0 Å². The van der Waals surface area contributed by atoms with Gasteiger partial charge in [0.25, 0.3) is 0 Å². The van der Waals surface area contributed by atoms with Gasteiger partial charge in [-0.1, -0.05) is 0 Å². The number of piperidine rings is 1. The highest BCUT2D eigenvalue weighted by Crippen LogP contribution is 2.26. The van der Waals surface area contributed by atoms with Crippen molar-refractivity contribution in [1.82, 2.24) is 29.0 Å². The molecule has 1 saturated heterocycles. The summed E-state index contributed by atoms with van der Waals surface area (Å²) in [4.78, 5) is 26.7. The van der Waals surface area contributed by atoms with Crippen LogP contribution in [0.25, 0.3) is 0 Å². The Balaban J connectivity index is 1.64. The molecule has 1 fully saturated rings. The molecule has 0 unspecified atom stereocenters. The smallest absolute Gasteiger partial charge is 0.345 e. The van der Waals surface area contributed by atoms with Crippen molar-refractivity contribution in [3.8, 4) is 0 Å². The predicted molar refractivity (Wildman–Crippen MR) is 94.8 cm³/mol. The highest BCUT2D eigenvalue weighted by molar-refractivity contribution is 5.76. The fourth-order valence-electron chi connectivity index (χ4n) is 3.40. The lowest BCUT2D eigenvalue weighted by atomic mass is 9.96. The highest BCUT2D eigenvalue weighted by Gasteiger charge is 2.28. The summed E-state index contributed by atoms with van der Waals surface area (Å²) in [5.41, 5.74) is -0.0864. The Morgan fingerprint density at radius 3 is 2.73 bits per heavy atom. The number of aromatic nitrogens is 5. The Morgan fingerprint density at radius 2 is 2.12 bits per heavy atom. The summed E-state index contributed by atoms with van der Waals surface area (Å²) in [5, 5.41) is 8.62. The van der Waals surface area contributed by atoms with Gasteiger partial charge in [0.2, 0.25) is 5.91 Å². The van der Waals surface area contributed by atoms with E-state index >= 15 is 0 Å². The number of likely N-dealkylation sites (tertiary alicyclic amines) is 1. The molecule has 26 heavy (non-hydrogen) atoms. The number of hydrogen-bond acceptors (Lipinski definition) is 5. The van der Waals surface area contributed by atoms with Crippen LogP contribution in [-0.4, -0.2) is 61.7 Å². The van der Waals surface area contributed by atoms with E-state index < -0.39 is 0 Å². The average molecular weight is 362 g/mol. The molecular weight excluding hydrogens is 336 g/mol. The van der Waals surface area contributed by atoms with Crippen molar-refractivity contribution in [2.45, 2.75) is 45.3 Å². The van der Waals surface area contributed by atoms with E-state index in [1.54, 1.807) is 28.8 Å². The van der Waals surface area contributed by atoms with Crippen LogP contribution < -0.4 is 5.69 Å². The summed E-state index contributed by atoms with van der Waals surface area (Å²) in [6.45, 7) is 5.08. The SMILES string of the molecule is CCn1c(C2CCN(C(=O)Cn3cccn3)CC2)nn(CCOC)c1=O. The van der Waals surface area contributed by atoms with Crippen LogP contribution in [0.15, 0.2) is 23.3 Å². The molecule has 3 rings (SSSR count). The van der Waals surface area contributed by atoms with Gasteiger partial charge in [-0.25, -0.2) is 9.48 Å². The quantitative estimate of drug-likeness (QED) is 0.708. The summed E-state index contributed by atoms with van der Waals surface area (Å²) in [5.74, 6) is 1.10. The normalized spacial score (nSPS) is 15.5. The molecule has 2 aromatic heterocycles. The van der Waals surface area contributed by atoms with Crippen molar-refractivity contribution < 1.29 is 9.53 Å². The molecule has 0 N–H and O–H groups in total. The van der Waals surface area contributed by atoms with Gasteiger partial charge in [-0.15, -0.1) is 0 Å². The van der Waals surface area contributed by atoms with Gasteiger partial charge in [-0.3, -0.25) is 14.0 Å². The Kier molecular flexibility index (Phi) is 5.87. The molecule has 142 valence electrons. The molecular formula is C17H26N6O3. The second kappa shape index (κ2) is 8.31. The van der Waals surface area contributed by atoms with E-state index in [0.717, 1.165) is 18.7 Å². The van der Waals surface area contributed by atoms with Crippen molar-refractivity contribution in [2.24, 2.45) is 0 Å². The molecule has 0 saturated carbocycles. The van der Waals surface area contributed by atoms with E-state index in [9.17, 15) is 9.59 Å². The van der Waals surface area contributed by atoms with Crippen LogP contribution in [-0.2, 0) is 29.2 Å². The molecule has 1 aliphatic rings. The van der Waals surface area contributed by atoms with Gasteiger partial charge in [0, 0.05) is 45.1 Å². The largest absolute Gasteiger partial charge is 0.383 e. The van der Waals surface area contributed by atoms with Crippen molar-refractivity contribution in [2.75, 3.05) is 26.8 Å². The van der Waals surface area contributed by atoms with Crippen LogP contribution in [0, 0.1) is 0 Å². The molecule has 0 atom stereocenters. The van der Waals surface area contributed by atoms with E-state index in [1.165, 1.54) is 4.68 Å². The molecule has 1 aliphatic heterocycles. The van der Waals surface area contributed by atoms with E-state index in [0.29, 0.717) is 32.8 Å². The van der Waals surface area contributed by atoms with Crippen molar-refractivity contribution in [1.29, 1.82) is 0 Å². The van der Waals surface area contributed by atoms with E-state index in [1.807, 2.05) is 17.9 Å². The minimum Gasteiger partial charge on any atom is -0.383 e. The highest BCUT2D eigenvalue weighted by atomic mass is 16.5. The summed E-state index contributed by atoms with van der Waals surface area (Å²) < 4.78 is 9.91. The Labute approximate surface area is 152 Å². The molecule has 9 nitrogen and oxygen atoms in total. The average Bonchev–Trinajstić information content (AvgIpc) is 3.27. The number of hydrogen-bond donors (Lipinski definition) is 0. The summed E-state index contributed by atoms with van der Waals surface area (Å²) in [6, 6.07) is 1.81. The fraction of sp³-hybridized carbons (Fsp3) is 0.647. The van der Waals surface area contributed by atoms with E-state index in [2.05, 4.69) is 10.2 Å². The minimum atomic E-state index is -0.0864. The zero-order valence-corrected chi connectivity index (χ0v) is 15.4. The third-order valence-electron chi connectivity index (χ3n) is 4.84. The summed E-state index contributed by atoms with van der Waals surface area (Å²) in [6.07, 6.45) is 5.08. The second-order valence-corrected chi connectivity index (χ2v) is 6.46. The first-order valence-corrected chi connectivity index (χ1v) is 9.05. The first kappa shape index (κ1) is 18.4. The van der Waals surface area contributed by atoms with Crippen LogP contribution >= 0.6 is 0 Å². The number of rotatable bonds is 7. The molecule has 0 radical (unpaired) electrons. The maximum atomic E-state index is 12.5. The molecule has 0 bridgehead atoms. The van der Waals surface area contributed by atoms with Gasteiger partial charge in [-0.05, 0) is 25.8 Å². The fourth-order valence-corrected chi connectivity index (χ4v) is 3.40. The first-order valence-electron chi connectivity index (χ1n) is 9.05. The molecule has 9 heteroatoms. The molecule has 0 aromatic carbocycles. The zero-order valence-electron chi connectivity index (χ0n) is 15.4. The molecule has 2 aromatic rings. The minimum absolute atomic E-state index is 0.0747. The van der Waals surface area contributed by atoms with Crippen molar-refractivity contribution in [3.63, 3.8) is 0 Å².